The van der Waals surface area contributed by atoms with Crippen molar-refractivity contribution in [3.63, 3.8) is 0 Å². The standard InChI is InChI=1S/C9H9ClN2O/c10-8(7-1-4-13-6-7)5-9-11-2-3-12-9/h1-4,6,8H,5H2,(H,11,12). The van der Waals surface area contributed by atoms with Gasteiger partial charge in [0.2, 0.25) is 0 Å². The molecule has 0 aromatic carbocycles. The summed E-state index contributed by atoms with van der Waals surface area (Å²) in [6.07, 6.45) is 7.46. The summed E-state index contributed by atoms with van der Waals surface area (Å²) in [4.78, 5) is 7.10. The predicted molar refractivity (Wildman–Crippen MR) is 49.6 cm³/mol. The second-order valence-corrected chi connectivity index (χ2v) is 3.29. The summed E-state index contributed by atoms with van der Waals surface area (Å²) in [5.41, 5.74) is 0.984. The number of rotatable bonds is 3. The third kappa shape index (κ3) is 1.92. The molecule has 0 aliphatic carbocycles. The van der Waals surface area contributed by atoms with E-state index in [0.717, 1.165) is 11.4 Å². The number of imidazole rings is 1. The molecule has 1 atom stereocenters. The molecule has 1 unspecified atom stereocenters. The lowest BCUT2D eigenvalue weighted by atomic mass is 10.2. The van der Waals surface area contributed by atoms with E-state index in [-0.39, 0.29) is 5.38 Å². The van der Waals surface area contributed by atoms with Gasteiger partial charge in [-0.3, -0.25) is 0 Å². The Hall–Kier alpha value is -1.22. The van der Waals surface area contributed by atoms with Crippen molar-refractivity contribution in [2.45, 2.75) is 11.8 Å². The van der Waals surface area contributed by atoms with Crippen LogP contribution in [0.15, 0.2) is 35.4 Å². The average molecular weight is 197 g/mol. The molecule has 2 aromatic rings. The van der Waals surface area contributed by atoms with E-state index in [1.165, 1.54) is 0 Å². The molecule has 3 nitrogen and oxygen atoms in total. The van der Waals surface area contributed by atoms with Crippen LogP contribution in [0.2, 0.25) is 0 Å². The summed E-state index contributed by atoms with van der Waals surface area (Å²) in [5.74, 6) is 0.890. The van der Waals surface area contributed by atoms with E-state index in [4.69, 9.17) is 16.0 Å². The first-order valence-electron chi connectivity index (χ1n) is 4.00. The third-order valence-corrected chi connectivity index (χ3v) is 2.24. The first kappa shape index (κ1) is 8.38. The van der Waals surface area contributed by atoms with E-state index in [1.54, 1.807) is 24.9 Å². The fraction of sp³-hybridized carbons (Fsp3) is 0.222. The Bertz CT molecular complexity index is 342. The SMILES string of the molecule is ClC(Cc1ncc[nH]1)c1ccoc1. The number of halogens is 1. The minimum absolute atomic E-state index is 0.0788. The Labute approximate surface area is 80.7 Å². The molecule has 2 rings (SSSR count). The Balaban J connectivity index is 2.04. The van der Waals surface area contributed by atoms with Gasteiger partial charge in [-0.15, -0.1) is 11.6 Å². The highest BCUT2D eigenvalue weighted by Gasteiger charge is 2.10. The summed E-state index contributed by atoms with van der Waals surface area (Å²) in [6, 6.07) is 1.86. The van der Waals surface area contributed by atoms with E-state index in [2.05, 4.69) is 9.97 Å². The van der Waals surface area contributed by atoms with Crippen LogP contribution >= 0.6 is 11.6 Å². The average Bonchev–Trinajstić information content (AvgIpc) is 2.74. The van der Waals surface area contributed by atoms with E-state index in [1.807, 2.05) is 6.07 Å². The molecule has 0 saturated carbocycles. The predicted octanol–water partition coefficient (Wildman–Crippen LogP) is 2.53. The van der Waals surface area contributed by atoms with Crippen molar-refractivity contribution in [3.05, 3.63) is 42.4 Å². The topological polar surface area (TPSA) is 41.8 Å². The van der Waals surface area contributed by atoms with Gasteiger partial charge in [0, 0.05) is 24.4 Å². The summed E-state index contributed by atoms with van der Waals surface area (Å²) in [6.45, 7) is 0. The van der Waals surface area contributed by atoms with Crippen molar-refractivity contribution in [2.24, 2.45) is 0 Å². The lowest BCUT2D eigenvalue weighted by molar-refractivity contribution is 0.563. The van der Waals surface area contributed by atoms with Crippen molar-refractivity contribution >= 4 is 11.6 Å². The molecule has 0 aliphatic heterocycles. The molecule has 0 saturated heterocycles. The number of nitrogens with zero attached hydrogens (tertiary/aromatic N) is 1. The van der Waals surface area contributed by atoms with Crippen LogP contribution in [0.3, 0.4) is 0 Å². The number of hydrogen-bond acceptors (Lipinski definition) is 2. The molecule has 68 valence electrons. The zero-order valence-electron chi connectivity index (χ0n) is 6.90. The number of aromatic nitrogens is 2. The molecule has 0 radical (unpaired) electrons. The maximum absolute atomic E-state index is 6.12. The van der Waals surface area contributed by atoms with Crippen LogP contribution < -0.4 is 0 Å². The Kier molecular flexibility index (Phi) is 2.36. The van der Waals surface area contributed by atoms with Crippen molar-refractivity contribution in [1.29, 1.82) is 0 Å². The molecule has 13 heavy (non-hydrogen) atoms. The van der Waals surface area contributed by atoms with Crippen molar-refractivity contribution < 1.29 is 4.42 Å². The quantitative estimate of drug-likeness (QED) is 0.767. The smallest absolute Gasteiger partial charge is 0.107 e. The van der Waals surface area contributed by atoms with Gasteiger partial charge in [0.1, 0.15) is 5.82 Å². The Morgan fingerprint density at radius 2 is 2.54 bits per heavy atom. The summed E-state index contributed by atoms with van der Waals surface area (Å²) >= 11 is 6.12. The molecule has 2 heterocycles. The van der Waals surface area contributed by atoms with Crippen molar-refractivity contribution in [3.8, 4) is 0 Å². The van der Waals surface area contributed by atoms with E-state index in [9.17, 15) is 0 Å². The fourth-order valence-corrected chi connectivity index (χ4v) is 1.42. The highest BCUT2D eigenvalue weighted by atomic mass is 35.5. The number of hydrogen-bond donors (Lipinski definition) is 1. The molecule has 1 N–H and O–H groups in total. The number of alkyl halides is 1. The lowest BCUT2D eigenvalue weighted by Gasteiger charge is -2.03. The molecule has 4 heteroatoms. The second kappa shape index (κ2) is 3.66. The summed E-state index contributed by atoms with van der Waals surface area (Å²) in [7, 11) is 0. The second-order valence-electron chi connectivity index (χ2n) is 2.76. The minimum atomic E-state index is -0.0788. The van der Waals surface area contributed by atoms with Gasteiger partial charge in [-0.2, -0.15) is 0 Å². The van der Waals surface area contributed by atoms with Crippen molar-refractivity contribution in [1.82, 2.24) is 9.97 Å². The van der Waals surface area contributed by atoms with Crippen LogP contribution in [0, 0.1) is 0 Å². The lowest BCUT2D eigenvalue weighted by Crippen LogP contribution is -1.95. The normalized spacial score (nSPS) is 13.0. The highest BCUT2D eigenvalue weighted by Crippen LogP contribution is 2.23. The molecule has 2 aromatic heterocycles. The van der Waals surface area contributed by atoms with Gasteiger partial charge in [0.05, 0.1) is 17.9 Å². The van der Waals surface area contributed by atoms with Crippen LogP contribution in [0.5, 0.6) is 0 Å². The maximum Gasteiger partial charge on any atom is 0.107 e. The van der Waals surface area contributed by atoms with Crippen LogP contribution in [-0.2, 0) is 6.42 Å². The number of H-pyrrole nitrogens is 1. The molecule has 0 bridgehead atoms. The third-order valence-electron chi connectivity index (χ3n) is 1.83. The zero-order valence-corrected chi connectivity index (χ0v) is 7.66. The molecule has 0 spiro atoms. The maximum atomic E-state index is 6.12. The van der Waals surface area contributed by atoms with E-state index < -0.39 is 0 Å². The van der Waals surface area contributed by atoms with Gasteiger partial charge >= 0.3 is 0 Å². The van der Waals surface area contributed by atoms with Crippen LogP contribution in [0.4, 0.5) is 0 Å². The Morgan fingerprint density at radius 1 is 1.62 bits per heavy atom. The van der Waals surface area contributed by atoms with E-state index >= 15 is 0 Å². The summed E-state index contributed by atoms with van der Waals surface area (Å²) in [5, 5.41) is -0.0788. The highest BCUT2D eigenvalue weighted by molar-refractivity contribution is 6.20. The first-order valence-corrected chi connectivity index (χ1v) is 4.44. The van der Waals surface area contributed by atoms with Gasteiger partial charge in [-0.1, -0.05) is 0 Å². The largest absolute Gasteiger partial charge is 0.472 e. The molecular formula is C9H9ClN2O. The molecule has 0 amide bonds. The van der Waals surface area contributed by atoms with Gasteiger partial charge in [-0.25, -0.2) is 4.98 Å². The van der Waals surface area contributed by atoms with Gasteiger partial charge in [0.25, 0.3) is 0 Å². The fourth-order valence-electron chi connectivity index (χ4n) is 1.15. The van der Waals surface area contributed by atoms with Gasteiger partial charge in [0.15, 0.2) is 0 Å². The van der Waals surface area contributed by atoms with Gasteiger partial charge < -0.3 is 9.40 Å². The van der Waals surface area contributed by atoms with Crippen LogP contribution in [0.25, 0.3) is 0 Å². The molecule has 0 fully saturated rings. The minimum Gasteiger partial charge on any atom is -0.472 e. The van der Waals surface area contributed by atoms with Crippen LogP contribution in [0.1, 0.15) is 16.8 Å². The number of furan rings is 1. The number of nitrogens with one attached hydrogen (secondary N) is 1. The summed E-state index contributed by atoms with van der Waals surface area (Å²) < 4.78 is 4.94. The number of aromatic amines is 1. The van der Waals surface area contributed by atoms with Gasteiger partial charge in [-0.05, 0) is 6.07 Å². The zero-order chi connectivity index (χ0) is 9.10. The van der Waals surface area contributed by atoms with Crippen molar-refractivity contribution in [2.75, 3.05) is 0 Å². The monoisotopic (exact) mass is 196 g/mol. The van der Waals surface area contributed by atoms with E-state index in [0.29, 0.717) is 6.42 Å². The molecule has 0 aliphatic rings. The molecular weight excluding hydrogens is 188 g/mol. The Morgan fingerprint density at radius 3 is 3.15 bits per heavy atom. The first-order chi connectivity index (χ1) is 6.36. The van der Waals surface area contributed by atoms with Crippen LogP contribution in [-0.4, -0.2) is 9.97 Å².